The quantitative estimate of drug-likeness (QED) is 0.585. The molecule has 0 bridgehead atoms. The van der Waals surface area contributed by atoms with E-state index in [4.69, 9.17) is 5.84 Å². The summed E-state index contributed by atoms with van der Waals surface area (Å²) in [6.07, 6.45) is 3.71. The topological polar surface area (TPSA) is 50.9 Å². The molecule has 0 aliphatic carbocycles. The maximum Gasteiger partial charge on any atom is 0.0758 e. The van der Waals surface area contributed by atoms with Crippen molar-refractivity contribution in [3.05, 3.63) is 48.8 Å². The summed E-state index contributed by atoms with van der Waals surface area (Å²) in [4.78, 5) is 4.48. The fourth-order valence-electron chi connectivity index (χ4n) is 1.84. The van der Waals surface area contributed by atoms with Gasteiger partial charge in [0.25, 0.3) is 0 Å². The molecule has 0 saturated heterocycles. The van der Waals surface area contributed by atoms with Crippen LogP contribution in [0.2, 0.25) is 0 Å². The Morgan fingerprint density at radius 2 is 2.21 bits per heavy atom. The summed E-state index contributed by atoms with van der Waals surface area (Å²) in [5.74, 6) is 5.68. The largest absolute Gasteiger partial charge is 0.271 e. The van der Waals surface area contributed by atoms with Gasteiger partial charge in [-0.25, -0.2) is 0 Å². The van der Waals surface area contributed by atoms with Crippen LogP contribution >= 0.6 is 43.2 Å². The highest BCUT2D eigenvalue weighted by atomic mass is 79.9. The van der Waals surface area contributed by atoms with Crippen LogP contribution < -0.4 is 11.3 Å². The van der Waals surface area contributed by atoms with Crippen LogP contribution in [0, 0.1) is 0 Å². The molecule has 2 rings (SSSR count). The molecule has 0 aliphatic heterocycles. The molecule has 2 aromatic heterocycles. The van der Waals surface area contributed by atoms with Crippen molar-refractivity contribution in [2.75, 3.05) is 0 Å². The zero-order chi connectivity index (χ0) is 13.8. The third-order valence-corrected chi connectivity index (χ3v) is 5.35. The molecule has 0 fully saturated rings. The standard InChI is InChI=1S/C13H15Br2N3S/c1-2-8-3-4-9(17-7-8)5-11(18-16)10-6-12(14)19-13(10)15/h3-4,6-7,11,18H,2,5,16H2,1H3. The summed E-state index contributed by atoms with van der Waals surface area (Å²) in [5.41, 5.74) is 6.31. The van der Waals surface area contributed by atoms with Crippen LogP contribution in [0.4, 0.5) is 0 Å². The molecule has 1 atom stereocenters. The molecule has 2 aromatic rings. The number of hydrazine groups is 1. The normalized spacial score (nSPS) is 12.6. The fourth-order valence-corrected chi connectivity index (χ4v) is 4.82. The maximum atomic E-state index is 5.68. The molecule has 6 heteroatoms. The summed E-state index contributed by atoms with van der Waals surface area (Å²) in [5, 5.41) is 0. The molecule has 3 nitrogen and oxygen atoms in total. The highest BCUT2D eigenvalue weighted by molar-refractivity contribution is 9.12. The first-order valence-corrected chi connectivity index (χ1v) is 8.39. The van der Waals surface area contributed by atoms with Gasteiger partial charge in [-0.3, -0.25) is 16.3 Å². The van der Waals surface area contributed by atoms with E-state index in [0.717, 1.165) is 31.7 Å². The molecule has 0 spiro atoms. The van der Waals surface area contributed by atoms with Crippen LogP contribution in [0.3, 0.4) is 0 Å². The Kier molecular flexibility index (Phi) is 5.53. The molecule has 19 heavy (non-hydrogen) atoms. The Hall–Kier alpha value is -0.270. The summed E-state index contributed by atoms with van der Waals surface area (Å²) in [6.45, 7) is 2.13. The third-order valence-electron chi connectivity index (χ3n) is 2.97. The van der Waals surface area contributed by atoms with E-state index >= 15 is 0 Å². The van der Waals surface area contributed by atoms with Crippen LogP contribution in [0.1, 0.15) is 29.8 Å². The highest BCUT2D eigenvalue weighted by Crippen LogP contribution is 2.36. The molecule has 1 unspecified atom stereocenters. The molecule has 102 valence electrons. The number of halogens is 2. The van der Waals surface area contributed by atoms with Crippen molar-refractivity contribution in [3.8, 4) is 0 Å². The van der Waals surface area contributed by atoms with Gasteiger partial charge in [0.05, 0.1) is 13.6 Å². The summed E-state index contributed by atoms with van der Waals surface area (Å²) >= 11 is 8.70. The first kappa shape index (κ1) is 15.1. The van der Waals surface area contributed by atoms with E-state index in [1.54, 1.807) is 11.3 Å². The number of nitrogens with two attached hydrogens (primary N) is 1. The van der Waals surface area contributed by atoms with E-state index in [0.29, 0.717) is 0 Å². The SMILES string of the molecule is CCc1ccc(CC(NN)c2cc(Br)sc2Br)nc1. The van der Waals surface area contributed by atoms with Crippen molar-refractivity contribution in [2.24, 2.45) is 5.84 Å². The lowest BCUT2D eigenvalue weighted by Crippen LogP contribution is -2.29. The van der Waals surface area contributed by atoms with Crippen molar-refractivity contribution in [1.29, 1.82) is 0 Å². The first-order chi connectivity index (χ1) is 9.13. The average Bonchev–Trinajstić information content (AvgIpc) is 2.75. The van der Waals surface area contributed by atoms with Crippen LogP contribution in [0.15, 0.2) is 32.0 Å². The summed E-state index contributed by atoms with van der Waals surface area (Å²) in [6, 6.07) is 6.32. The zero-order valence-electron chi connectivity index (χ0n) is 10.5. The minimum atomic E-state index is 0.0527. The lowest BCUT2D eigenvalue weighted by molar-refractivity contribution is 0.545. The number of thiophene rings is 1. The van der Waals surface area contributed by atoms with Crippen LogP contribution in [-0.2, 0) is 12.8 Å². The Morgan fingerprint density at radius 1 is 1.42 bits per heavy atom. The molecule has 0 aromatic carbocycles. The van der Waals surface area contributed by atoms with Crippen molar-refractivity contribution < 1.29 is 0 Å². The van der Waals surface area contributed by atoms with Gasteiger partial charge in [0.15, 0.2) is 0 Å². The number of nitrogens with zero attached hydrogens (tertiary/aromatic N) is 1. The van der Waals surface area contributed by atoms with Gasteiger partial charge in [0.2, 0.25) is 0 Å². The smallest absolute Gasteiger partial charge is 0.0758 e. The lowest BCUT2D eigenvalue weighted by atomic mass is 10.0. The minimum Gasteiger partial charge on any atom is -0.271 e. The van der Waals surface area contributed by atoms with E-state index < -0.39 is 0 Å². The van der Waals surface area contributed by atoms with Gasteiger partial charge in [-0.15, -0.1) is 11.3 Å². The van der Waals surface area contributed by atoms with Crippen molar-refractivity contribution in [3.63, 3.8) is 0 Å². The van der Waals surface area contributed by atoms with Crippen LogP contribution in [-0.4, -0.2) is 4.98 Å². The number of aryl methyl sites for hydroxylation is 1. The van der Waals surface area contributed by atoms with E-state index in [2.05, 4.69) is 67.4 Å². The number of pyridine rings is 1. The molecule has 2 heterocycles. The molecule has 0 radical (unpaired) electrons. The highest BCUT2D eigenvalue weighted by Gasteiger charge is 2.17. The summed E-state index contributed by atoms with van der Waals surface area (Å²) in [7, 11) is 0. The first-order valence-electron chi connectivity index (χ1n) is 5.98. The molecule has 0 saturated carbocycles. The maximum absolute atomic E-state index is 5.68. The monoisotopic (exact) mass is 403 g/mol. The molecule has 0 aliphatic rings. The van der Waals surface area contributed by atoms with Crippen LogP contribution in [0.5, 0.6) is 0 Å². The predicted molar refractivity (Wildman–Crippen MR) is 87.1 cm³/mol. The zero-order valence-corrected chi connectivity index (χ0v) is 14.5. The molecule has 0 amide bonds. The lowest BCUT2D eigenvalue weighted by Gasteiger charge is -2.15. The average molecular weight is 405 g/mol. The van der Waals surface area contributed by atoms with Gasteiger partial charge in [0.1, 0.15) is 0 Å². The molecular weight excluding hydrogens is 390 g/mol. The Labute approximate surface area is 133 Å². The Morgan fingerprint density at radius 3 is 2.68 bits per heavy atom. The van der Waals surface area contributed by atoms with Gasteiger partial charge in [0, 0.05) is 18.3 Å². The van der Waals surface area contributed by atoms with Crippen molar-refractivity contribution >= 4 is 43.2 Å². The Bertz CT molecular complexity index is 539. The third kappa shape index (κ3) is 3.86. The second-order valence-electron chi connectivity index (χ2n) is 4.21. The molecular formula is C13H15Br2N3S. The van der Waals surface area contributed by atoms with Gasteiger partial charge in [-0.1, -0.05) is 13.0 Å². The van der Waals surface area contributed by atoms with Crippen molar-refractivity contribution in [2.45, 2.75) is 25.8 Å². The Balaban J connectivity index is 2.16. The van der Waals surface area contributed by atoms with E-state index in [-0.39, 0.29) is 6.04 Å². The second kappa shape index (κ2) is 6.95. The predicted octanol–water partition coefficient (Wildman–Crippen LogP) is 3.98. The second-order valence-corrected chi connectivity index (χ2v) is 7.96. The van der Waals surface area contributed by atoms with Gasteiger partial charge < -0.3 is 0 Å². The fraction of sp³-hybridized carbons (Fsp3) is 0.308. The number of hydrogen-bond donors (Lipinski definition) is 2. The van der Waals surface area contributed by atoms with E-state index in [1.165, 1.54) is 5.56 Å². The van der Waals surface area contributed by atoms with E-state index in [1.807, 2.05) is 6.20 Å². The number of nitrogens with one attached hydrogen (secondary N) is 1. The number of rotatable bonds is 5. The van der Waals surface area contributed by atoms with Gasteiger partial charge in [-0.05, 0) is 61.5 Å². The van der Waals surface area contributed by atoms with Crippen molar-refractivity contribution in [1.82, 2.24) is 10.4 Å². The van der Waals surface area contributed by atoms with Gasteiger partial charge >= 0.3 is 0 Å². The number of aromatic nitrogens is 1. The van der Waals surface area contributed by atoms with Crippen LogP contribution in [0.25, 0.3) is 0 Å². The van der Waals surface area contributed by atoms with E-state index in [9.17, 15) is 0 Å². The minimum absolute atomic E-state index is 0.0527. The van der Waals surface area contributed by atoms with Gasteiger partial charge in [-0.2, -0.15) is 0 Å². The number of hydrogen-bond acceptors (Lipinski definition) is 4. The summed E-state index contributed by atoms with van der Waals surface area (Å²) < 4.78 is 2.18. The molecule has 3 N–H and O–H groups in total.